The first-order valence-electron chi connectivity index (χ1n) is 10.2. The van der Waals surface area contributed by atoms with Gasteiger partial charge in [0.15, 0.2) is 0 Å². The van der Waals surface area contributed by atoms with Gasteiger partial charge in [-0.25, -0.2) is 0 Å². The SMILES string of the molecule is CCCCCC(=O)N1CC[C@@H](CC(=O)NCc2ccccc2)[C@@H](CC)C1. The summed E-state index contributed by atoms with van der Waals surface area (Å²) in [5.74, 6) is 1.24. The Bertz CT molecular complexity index is 559. The van der Waals surface area contributed by atoms with E-state index in [0.717, 1.165) is 50.8 Å². The van der Waals surface area contributed by atoms with Gasteiger partial charge in [-0.15, -0.1) is 0 Å². The van der Waals surface area contributed by atoms with E-state index in [1.54, 1.807) is 0 Å². The number of nitrogens with zero attached hydrogens (tertiary/aromatic N) is 1. The van der Waals surface area contributed by atoms with Crippen molar-refractivity contribution in [3.8, 4) is 0 Å². The third kappa shape index (κ3) is 6.47. The molecule has 0 radical (unpaired) electrons. The molecule has 0 bridgehead atoms. The smallest absolute Gasteiger partial charge is 0.222 e. The largest absolute Gasteiger partial charge is 0.352 e. The zero-order chi connectivity index (χ0) is 18.8. The normalized spacial score (nSPS) is 20.0. The summed E-state index contributed by atoms with van der Waals surface area (Å²) in [6, 6.07) is 10.0. The van der Waals surface area contributed by atoms with E-state index in [9.17, 15) is 9.59 Å². The second-order valence-electron chi connectivity index (χ2n) is 7.48. The van der Waals surface area contributed by atoms with E-state index in [0.29, 0.717) is 37.1 Å². The van der Waals surface area contributed by atoms with Crippen molar-refractivity contribution >= 4 is 11.8 Å². The summed E-state index contributed by atoms with van der Waals surface area (Å²) in [7, 11) is 0. The molecule has 2 rings (SSSR count). The summed E-state index contributed by atoms with van der Waals surface area (Å²) in [6.45, 7) is 6.54. The van der Waals surface area contributed by atoms with Gasteiger partial charge in [-0.3, -0.25) is 9.59 Å². The first-order valence-corrected chi connectivity index (χ1v) is 10.2. The Morgan fingerprint density at radius 2 is 1.88 bits per heavy atom. The van der Waals surface area contributed by atoms with Crippen molar-refractivity contribution in [3.05, 3.63) is 35.9 Å². The molecule has 26 heavy (non-hydrogen) atoms. The van der Waals surface area contributed by atoms with Crippen LogP contribution in [0, 0.1) is 11.8 Å². The highest BCUT2D eigenvalue weighted by atomic mass is 16.2. The molecule has 1 saturated heterocycles. The van der Waals surface area contributed by atoms with Crippen LogP contribution in [0.4, 0.5) is 0 Å². The second-order valence-corrected chi connectivity index (χ2v) is 7.48. The summed E-state index contributed by atoms with van der Waals surface area (Å²) in [5, 5.41) is 3.04. The Morgan fingerprint density at radius 3 is 2.58 bits per heavy atom. The molecule has 1 aromatic rings. The van der Waals surface area contributed by atoms with Gasteiger partial charge in [0.25, 0.3) is 0 Å². The van der Waals surface area contributed by atoms with Gasteiger partial charge in [-0.1, -0.05) is 63.4 Å². The molecule has 2 atom stereocenters. The topological polar surface area (TPSA) is 49.4 Å². The minimum atomic E-state index is 0.125. The Hall–Kier alpha value is -1.84. The zero-order valence-electron chi connectivity index (χ0n) is 16.4. The maximum Gasteiger partial charge on any atom is 0.222 e. The van der Waals surface area contributed by atoms with Gasteiger partial charge in [0.2, 0.25) is 11.8 Å². The lowest BCUT2D eigenvalue weighted by molar-refractivity contribution is -0.134. The summed E-state index contributed by atoms with van der Waals surface area (Å²) >= 11 is 0. The lowest BCUT2D eigenvalue weighted by Gasteiger charge is -2.38. The van der Waals surface area contributed by atoms with E-state index in [1.165, 1.54) is 0 Å². The van der Waals surface area contributed by atoms with Crippen molar-refractivity contribution in [1.82, 2.24) is 10.2 Å². The molecule has 1 aliphatic heterocycles. The average Bonchev–Trinajstić information content (AvgIpc) is 2.67. The van der Waals surface area contributed by atoms with Crippen LogP contribution in [0.25, 0.3) is 0 Å². The quantitative estimate of drug-likeness (QED) is 0.674. The number of benzene rings is 1. The number of hydrogen-bond acceptors (Lipinski definition) is 2. The molecule has 4 nitrogen and oxygen atoms in total. The van der Waals surface area contributed by atoms with E-state index in [1.807, 2.05) is 35.2 Å². The van der Waals surface area contributed by atoms with Gasteiger partial charge in [0, 0.05) is 32.5 Å². The minimum absolute atomic E-state index is 0.125. The maximum absolute atomic E-state index is 12.4. The molecular weight excluding hydrogens is 324 g/mol. The highest BCUT2D eigenvalue weighted by Gasteiger charge is 2.31. The van der Waals surface area contributed by atoms with Gasteiger partial charge in [0.05, 0.1) is 0 Å². The monoisotopic (exact) mass is 358 g/mol. The molecule has 2 amide bonds. The van der Waals surface area contributed by atoms with Crippen LogP contribution in [0.2, 0.25) is 0 Å². The van der Waals surface area contributed by atoms with Crippen LogP contribution in [0.15, 0.2) is 30.3 Å². The summed E-state index contributed by atoms with van der Waals surface area (Å²) in [4.78, 5) is 26.7. The van der Waals surface area contributed by atoms with Crippen LogP contribution in [-0.2, 0) is 16.1 Å². The lowest BCUT2D eigenvalue weighted by atomic mass is 9.81. The van der Waals surface area contributed by atoms with Crippen molar-refractivity contribution in [2.75, 3.05) is 13.1 Å². The molecule has 4 heteroatoms. The highest BCUT2D eigenvalue weighted by molar-refractivity contribution is 5.77. The van der Waals surface area contributed by atoms with E-state index in [2.05, 4.69) is 19.2 Å². The summed E-state index contributed by atoms with van der Waals surface area (Å²) in [6.07, 6.45) is 6.47. The third-order valence-electron chi connectivity index (χ3n) is 5.54. The van der Waals surface area contributed by atoms with Crippen LogP contribution in [0.3, 0.4) is 0 Å². The number of rotatable bonds is 9. The van der Waals surface area contributed by atoms with Gasteiger partial charge >= 0.3 is 0 Å². The Labute approximate surface area is 158 Å². The molecule has 1 aromatic carbocycles. The standard InChI is InChI=1S/C22H34N2O2/c1-3-5-7-12-22(26)24-14-13-20(19(4-2)17-24)15-21(25)23-16-18-10-8-6-9-11-18/h6,8-11,19-20H,3-5,7,12-17H2,1-2H3,(H,23,25)/t19-,20-/m0/s1. The number of likely N-dealkylation sites (tertiary alicyclic amines) is 1. The van der Waals surface area contributed by atoms with E-state index in [-0.39, 0.29) is 5.91 Å². The van der Waals surface area contributed by atoms with E-state index < -0.39 is 0 Å². The number of carbonyl (C=O) groups excluding carboxylic acids is 2. The molecular formula is C22H34N2O2. The van der Waals surface area contributed by atoms with Gasteiger partial charge in [-0.05, 0) is 30.2 Å². The highest BCUT2D eigenvalue weighted by Crippen LogP contribution is 2.29. The van der Waals surface area contributed by atoms with Crippen molar-refractivity contribution < 1.29 is 9.59 Å². The van der Waals surface area contributed by atoms with E-state index >= 15 is 0 Å². The fourth-order valence-corrected chi connectivity index (χ4v) is 3.83. The second kappa shape index (κ2) is 11.0. The number of hydrogen-bond donors (Lipinski definition) is 1. The Morgan fingerprint density at radius 1 is 1.12 bits per heavy atom. The number of unbranched alkanes of at least 4 members (excludes halogenated alkanes) is 2. The predicted octanol–water partition coefficient (Wildman–Crippen LogP) is 4.15. The molecule has 0 unspecified atom stereocenters. The van der Waals surface area contributed by atoms with Gasteiger partial charge in [-0.2, -0.15) is 0 Å². The molecule has 1 heterocycles. The molecule has 0 aliphatic carbocycles. The number of piperidine rings is 1. The Kier molecular flexibility index (Phi) is 8.66. The van der Waals surface area contributed by atoms with Crippen LogP contribution < -0.4 is 5.32 Å². The first kappa shape index (κ1) is 20.5. The summed E-state index contributed by atoms with van der Waals surface area (Å²) < 4.78 is 0. The van der Waals surface area contributed by atoms with Crippen LogP contribution in [0.1, 0.15) is 64.4 Å². The number of amides is 2. The summed E-state index contributed by atoms with van der Waals surface area (Å²) in [5.41, 5.74) is 1.13. The molecule has 1 aliphatic rings. The lowest BCUT2D eigenvalue weighted by Crippen LogP contribution is -2.44. The van der Waals surface area contributed by atoms with Crippen molar-refractivity contribution in [1.29, 1.82) is 0 Å². The van der Waals surface area contributed by atoms with Crippen LogP contribution >= 0.6 is 0 Å². The molecule has 0 aromatic heterocycles. The molecule has 0 spiro atoms. The average molecular weight is 359 g/mol. The molecule has 144 valence electrons. The van der Waals surface area contributed by atoms with Crippen molar-refractivity contribution in [3.63, 3.8) is 0 Å². The van der Waals surface area contributed by atoms with Crippen molar-refractivity contribution in [2.24, 2.45) is 11.8 Å². The molecule has 0 saturated carbocycles. The van der Waals surface area contributed by atoms with Gasteiger partial charge < -0.3 is 10.2 Å². The third-order valence-corrected chi connectivity index (χ3v) is 5.54. The minimum Gasteiger partial charge on any atom is -0.352 e. The molecule has 1 fully saturated rings. The van der Waals surface area contributed by atoms with E-state index in [4.69, 9.17) is 0 Å². The van der Waals surface area contributed by atoms with Crippen LogP contribution in [-0.4, -0.2) is 29.8 Å². The maximum atomic E-state index is 12.4. The first-order chi connectivity index (χ1) is 12.6. The van der Waals surface area contributed by atoms with Crippen molar-refractivity contribution in [2.45, 2.75) is 65.3 Å². The number of nitrogens with one attached hydrogen (secondary N) is 1. The Balaban J connectivity index is 1.77. The molecule has 1 N–H and O–H groups in total. The number of carbonyl (C=O) groups is 2. The predicted molar refractivity (Wildman–Crippen MR) is 106 cm³/mol. The van der Waals surface area contributed by atoms with Gasteiger partial charge in [0.1, 0.15) is 0 Å². The van der Waals surface area contributed by atoms with Crippen LogP contribution in [0.5, 0.6) is 0 Å². The zero-order valence-corrected chi connectivity index (χ0v) is 16.4. The fourth-order valence-electron chi connectivity index (χ4n) is 3.83. The fraction of sp³-hybridized carbons (Fsp3) is 0.636.